The molecule has 0 saturated carbocycles. The number of carbonyl (C=O) groups excluding carboxylic acids is 1. The molecule has 1 aromatic rings. The number of benzene rings is 1. The molecule has 0 radical (unpaired) electrons. The predicted octanol–water partition coefficient (Wildman–Crippen LogP) is 0.930. The van der Waals surface area contributed by atoms with Crippen LogP contribution in [0, 0.1) is 0 Å². The first kappa shape index (κ1) is 12.6. The topological polar surface area (TPSA) is 55.6 Å². The van der Waals surface area contributed by atoms with Gasteiger partial charge in [-0.3, -0.25) is 4.79 Å². The second-order valence-electron chi connectivity index (χ2n) is 3.30. The lowest BCUT2D eigenvalue weighted by molar-refractivity contribution is -0.121. The van der Waals surface area contributed by atoms with Crippen molar-refractivity contribution in [2.45, 2.75) is 0 Å². The molecule has 0 fully saturated rings. The molecular formula is C11H14N2O2S. The van der Waals surface area contributed by atoms with E-state index in [0.29, 0.717) is 4.99 Å². The van der Waals surface area contributed by atoms with Crippen LogP contribution in [0.5, 0.6) is 0 Å². The Morgan fingerprint density at radius 3 is 2.44 bits per heavy atom. The smallest absolute Gasteiger partial charge is 0.252 e. The number of nitrogens with two attached hydrogens (primary N) is 1. The zero-order valence-corrected chi connectivity index (χ0v) is 10.1. The van der Waals surface area contributed by atoms with E-state index in [1.54, 1.807) is 31.3 Å². The van der Waals surface area contributed by atoms with Crippen LogP contribution < -0.4 is 10.6 Å². The monoisotopic (exact) mass is 238 g/mol. The van der Waals surface area contributed by atoms with Crippen LogP contribution in [0.2, 0.25) is 0 Å². The number of amides is 1. The molecule has 0 aromatic heterocycles. The molecule has 0 aliphatic carbocycles. The molecule has 86 valence electrons. The van der Waals surface area contributed by atoms with E-state index in [9.17, 15) is 4.79 Å². The van der Waals surface area contributed by atoms with Gasteiger partial charge < -0.3 is 15.4 Å². The first-order chi connectivity index (χ1) is 7.56. The Morgan fingerprint density at radius 1 is 1.44 bits per heavy atom. The number of likely N-dealkylation sites (N-methyl/N-ethyl adjacent to an activating group) is 1. The zero-order valence-electron chi connectivity index (χ0n) is 9.27. The summed E-state index contributed by atoms with van der Waals surface area (Å²) < 4.78 is 4.78. The highest BCUT2D eigenvalue weighted by Gasteiger charge is 2.10. The summed E-state index contributed by atoms with van der Waals surface area (Å²) in [5, 5.41) is 0. The molecule has 0 heterocycles. The third kappa shape index (κ3) is 3.01. The zero-order chi connectivity index (χ0) is 12.1. The van der Waals surface area contributed by atoms with Gasteiger partial charge in [0.15, 0.2) is 0 Å². The van der Waals surface area contributed by atoms with E-state index in [1.807, 2.05) is 0 Å². The van der Waals surface area contributed by atoms with Crippen molar-refractivity contribution >= 4 is 28.8 Å². The number of carbonyl (C=O) groups is 1. The summed E-state index contributed by atoms with van der Waals surface area (Å²) in [4.78, 5) is 13.4. The standard InChI is InChI=1S/C11H14N2O2S/c1-13(10(14)7-15-2)9-5-3-8(4-6-9)11(12)16/h3-6H,7H2,1-2H3,(H2,12,16). The molecule has 0 unspecified atom stereocenters. The third-order valence-electron chi connectivity index (χ3n) is 2.18. The fourth-order valence-electron chi connectivity index (χ4n) is 1.21. The summed E-state index contributed by atoms with van der Waals surface area (Å²) in [5.74, 6) is -0.106. The van der Waals surface area contributed by atoms with Gasteiger partial charge in [0.1, 0.15) is 11.6 Å². The van der Waals surface area contributed by atoms with Crippen molar-refractivity contribution in [3.63, 3.8) is 0 Å². The van der Waals surface area contributed by atoms with Gasteiger partial charge in [-0.2, -0.15) is 0 Å². The molecule has 1 amide bonds. The number of methoxy groups -OCH3 is 1. The van der Waals surface area contributed by atoms with E-state index in [1.165, 1.54) is 12.0 Å². The van der Waals surface area contributed by atoms with Crippen LogP contribution in [0.15, 0.2) is 24.3 Å². The lowest BCUT2D eigenvalue weighted by Gasteiger charge is -2.17. The Labute approximate surface area is 100.0 Å². The lowest BCUT2D eigenvalue weighted by Crippen LogP contribution is -2.29. The summed E-state index contributed by atoms with van der Waals surface area (Å²) in [6.45, 7) is 0.0630. The van der Waals surface area contributed by atoms with Crippen LogP contribution in [-0.2, 0) is 9.53 Å². The lowest BCUT2D eigenvalue weighted by atomic mass is 10.2. The number of nitrogens with zero attached hydrogens (tertiary/aromatic N) is 1. The maximum atomic E-state index is 11.5. The van der Waals surface area contributed by atoms with Gasteiger partial charge in [-0.25, -0.2) is 0 Å². The average Bonchev–Trinajstić information content (AvgIpc) is 2.28. The van der Waals surface area contributed by atoms with Gasteiger partial charge in [0.05, 0.1) is 0 Å². The normalized spacial score (nSPS) is 9.88. The fraction of sp³-hybridized carbons (Fsp3) is 0.273. The molecule has 0 spiro atoms. The summed E-state index contributed by atoms with van der Waals surface area (Å²) in [5.41, 5.74) is 7.04. The Balaban J connectivity index is 2.81. The third-order valence-corrected chi connectivity index (χ3v) is 2.42. The van der Waals surface area contributed by atoms with Crippen LogP contribution in [0.3, 0.4) is 0 Å². The number of thiocarbonyl (C=S) groups is 1. The quantitative estimate of drug-likeness (QED) is 0.793. The van der Waals surface area contributed by atoms with Crippen LogP contribution in [0.25, 0.3) is 0 Å². The van der Waals surface area contributed by atoms with E-state index in [-0.39, 0.29) is 12.5 Å². The fourth-order valence-corrected chi connectivity index (χ4v) is 1.35. The van der Waals surface area contributed by atoms with Gasteiger partial charge in [-0.15, -0.1) is 0 Å². The molecule has 1 aromatic carbocycles. The largest absolute Gasteiger partial charge is 0.389 e. The van der Waals surface area contributed by atoms with Gasteiger partial charge in [0.25, 0.3) is 5.91 Å². The molecule has 2 N–H and O–H groups in total. The molecule has 0 aliphatic heterocycles. The minimum atomic E-state index is -0.106. The van der Waals surface area contributed by atoms with E-state index in [4.69, 9.17) is 22.7 Å². The predicted molar refractivity (Wildman–Crippen MR) is 67.6 cm³/mol. The SMILES string of the molecule is COCC(=O)N(C)c1ccc(C(N)=S)cc1. The molecule has 16 heavy (non-hydrogen) atoms. The Hall–Kier alpha value is -1.46. The van der Waals surface area contributed by atoms with Crippen molar-refractivity contribution in [1.82, 2.24) is 0 Å². The Kier molecular flexibility index (Phi) is 4.39. The van der Waals surface area contributed by atoms with Gasteiger partial charge in [-0.05, 0) is 24.3 Å². The van der Waals surface area contributed by atoms with E-state index in [2.05, 4.69) is 0 Å². The van der Waals surface area contributed by atoms with Crippen molar-refractivity contribution in [2.75, 3.05) is 25.7 Å². The van der Waals surface area contributed by atoms with Crippen molar-refractivity contribution in [3.05, 3.63) is 29.8 Å². The molecule has 0 atom stereocenters. The Bertz CT molecular complexity index is 389. The van der Waals surface area contributed by atoms with Crippen LogP contribution >= 0.6 is 12.2 Å². The summed E-state index contributed by atoms with van der Waals surface area (Å²) >= 11 is 4.84. The average molecular weight is 238 g/mol. The van der Waals surface area contributed by atoms with E-state index >= 15 is 0 Å². The van der Waals surface area contributed by atoms with Gasteiger partial charge in [-0.1, -0.05) is 12.2 Å². The maximum Gasteiger partial charge on any atom is 0.252 e. The molecule has 0 saturated heterocycles. The van der Waals surface area contributed by atoms with Crippen LogP contribution in [0.4, 0.5) is 5.69 Å². The van der Waals surface area contributed by atoms with E-state index < -0.39 is 0 Å². The first-order valence-electron chi connectivity index (χ1n) is 4.71. The second-order valence-corrected chi connectivity index (χ2v) is 3.74. The summed E-state index contributed by atoms with van der Waals surface area (Å²) in [6.07, 6.45) is 0. The Morgan fingerprint density at radius 2 is 2.00 bits per heavy atom. The summed E-state index contributed by atoms with van der Waals surface area (Å²) in [6, 6.07) is 7.16. The number of anilines is 1. The number of hydrogen-bond donors (Lipinski definition) is 1. The van der Waals surface area contributed by atoms with Crippen molar-refractivity contribution in [2.24, 2.45) is 5.73 Å². The molecule has 4 nitrogen and oxygen atoms in total. The summed E-state index contributed by atoms with van der Waals surface area (Å²) in [7, 11) is 3.18. The maximum absolute atomic E-state index is 11.5. The minimum absolute atomic E-state index is 0.0630. The minimum Gasteiger partial charge on any atom is -0.389 e. The highest BCUT2D eigenvalue weighted by atomic mass is 32.1. The first-order valence-corrected chi connectivity index (χ1v) is 5.12. The molecular weight excluding hydrogens is 224 g/mol. The highest BCUT2D eigenvalue weighted by molar-refractivity contribution is 7.80. The molecule has 0 aliphatic rings. The van der Waals surface area contributed by atoms with Crippen molar-refractivity contribution in [3.8, 4) is 0 Å². The van der Waals surface area contributed by atoms with E-state index in [0.717, 1.165) is 11.3 Å². The number of hydrogen-bond acceptors (Lipinski definition) is 3. The van der Waals surface area contributed by atoms with Gasteiger partial charge >= 0.3 is 0 Å². The molecule has 0 bridgehead atoms. The van der Waals surface area contributed by atoms with Crippen LogP contribution in [0.1, 0.15) is 5.56 Å². The molecule has 5 heteroatoms. The highest BCUT2D eigenvalue weighted by Crippen LogP contribution is 2.13. The molecule has 1 rings (SSSR count). The second kappa shape index (κ2) is 5.58. The number of rotatable bonds is 4. The van der Waals surface area contributed by atoms with Gasteiger partial charge in [0, 0.05) is 25.4 Å². The van der Waals surface area contributed by atoms with Crippen LogP contribution in [-0.4, -0.2) is 31.7 Å². The van der Waals surface area contributed by atoms with Gasteiger partial charge in [0.2, 0.25) is 0 Å². The van der Waals surface area contributed by atoms with Crippen molar-refractivity contribution < 1.29 is 9.53 Å². The number of ether oxygens (including phenoxy) is 1. The van der Waals surface area contributed by atoms with Crippen molar-refractivity contribution in [1.29, 1.82) is 0 Å².